The second kappa shape index (κ2) is 9.02. The molecule has 0 aliphatic heterocycles. The van der Waals surface area contributed by atoms with Crippen LogP contribution in [0.2, 0.25) is 0 Å². The third kappa shape index (κ3) is 5.98. The predicted octanol–water partition coefficient (Wildman–Crippen LogP) is 1.53. The van der Waals surface area contributed by atoms with Crippen LogP contribution in [0.5, 0.6) is 0 Å². The van der Waals surface area contributed by atoms with Crippen molar-refractivity contribution < 1.29 is 19.9 Å². The number of benzene rings is 1. The van der Waals surface area contributed by atoms with Crippen LogP contribution < -0.4 is 10.8 Å². The highest BCUT2D eigenvalue weighted by Crippen LogP contribution is 2.11. The molecular weight excluding hydrogens is 364 g/mol. The fourth-order valence-electron chi connectivity index (χ4n) is 2.09. The number of carbonyl (C=O) groups is 2. The van der Waals surface area contributed by atoms with Crippen LogP contribution in [0.25, 0.3) is 0 Å². The summed E-state index contributed by atoms with van der Waals surface area (Å²) in [5, 5.41) is 25.0. The number of nitrogens with one attached hydrogen (secondary N) is 2. The first-order valence-corrected chi connectivity index (χ1v) is 8.87. The third-order valence-corrected chi connectivity index (χ3v) is 4.18. The number of rotatable bonds is 4. The van der Waals surface area contributed by atoms with Crippen LogP contribution in [0.15, 0.2) is 41.1 Å². The highest BCUT2D eigenvalue weighted by atomic mass is 32.1. The highest BCUT2D eigenvalue weighted by molar-refractivity contribution is 7.08. The summed E-state index contributed by atoms with van der Waals surface area (Å²) < 4.78 is 0. The lowest BCUT2D eigenvalue weighted by Gasteiger charge is -2.28. The highest BCUT2D eigenvalue weighted by Gasteiger charge is 2.34. The second-order valence-electron chi connectivity index (χ2n) is 6.13. The van der Waals surface area contributed by atoms with E-state index in [9.17, 15) is 14.7 Å². The van der Waals surface area contributed by atoms with Gasteiger partial charge in [-0.05, 0) is 61.4 Å². The van der Waals surface area contributed by atoms with Crippen LogP contribution in [0.3, 0.4) is 0 Å². The van der Waals surface area contributed by atoms with Gasteiger partial charge < -0.3 is 10.4 Å². The summed E-state index contributed by atoms with van der Waals surface area (Å²) in [5.41, 5.74) is 1.74. The quantitative estimate of drug-likeness (QED) is 0.366. The Hall–Kier alpha value is -3.10. The second-order valence-corrected chi connectivity index (χ2v) is 6.91. The zero-order valence-electron chi connectivity index (χ0n) is 14.7. The lowest BCUT2D eigenvalue weighted by Crippen LogP contribution is -2.57. The molecule has 0 fully saturated rings. The molecule has 0 bridgehead atoms. The molecule has 138 valence electrons. The van der Waals surface area contributed by atoms with Crippen molar-refractivity contribution in [3.05, 3.63) is 57.8 Å². The van der Waals surface area contributed by atoms with Gasteiger partial charge >= 0.3 is 0 Å². The Labute approximate surface area is 161 Å². The summed E-state index contributed by atoms with van der Waals surface area (Å²) in [4.78, 5) is 23.9. The van der Waals surface area contributed by atoms with Crippen molar-refractivity contribution in [2.24, 2.45) is 0 Å². The van der Waals surface area contributed by atoms with E-state index in [4.69, 9.17) is 5.21 Å². The number of hydrogen-bond acceptors (Lipinski definition) is 5. The average molecular weight is 382 g/mol. The molecule has 1 aromatic carbocycles. The van der Waals surface area contributed by atoms with Gasteiger partial charge in [-0.1, -0.05) is 11.8 Å². The van der Waals surface area contributed by atoms with Crippen molar-refractivity contribution in [3.8, 4) is 23.7 Å². The molecule has 0 saturated heterocycles. The van der Waals surface area contributed by atoms with Gasteiger partial charge in [-0.2, -0.15) is 11.3 Å². The first kappa shape index (κ1) is 20.2. The summed E-state index contributed by atoms with van der Waals surface area (Å²) in [7, 11) is 0. The van der Waals surface area contributed by atoms with Gasteiger partial charge in [0.1, 0.15) is 6.04 Å². The molecule has 4 N–H and O–H groups in total. The lowest BCUT2D eigenvalue weighted by molar-refractivity contribution is -0.136. The first-order chi connectivity index (χ1) is 12.8. The topological polar surface area (TPSA) is 98.7 Å². The molecule has 2 amide bonds. The minimum atomic E-state index is -1.56. The molecule has 1 heterocycles. The Bertz CT molecular complexity index is 921. The summed E-state index contributed by atoms with van der Waals surface area (Å²) >= 11 is 1.56. The number of amides is 2. The first-order valence-electron chi connectivity index (χ1n) is 7.92. The number of thiophene rings is 1. The predicted molar refractivity (Wildman–Crippen MR) is 102 cm³/mol. The van der Waals surface area contributed by atoms with Crippen molar-refractivity contribution in [2.45, 2.75) is 25.5 Å². The van der Waals surface area contributed by atoms with E-state index in [0.717, 1.165) is 5.56 Å². The zero-order chi connectivity index (χ0) is 19.9. The van der Waals surface area contributed by atoms with Gasteiger partial charge in [0.15, 0.2) is 0 Å². The number of hydroxylamine groups is 1. The van der Waals surface area contributed by atoms with Crippen LogP contribution in [-0.4, -0.2) is 33.8 Å². The van der Waals surface area contributed by atoms with E-state index in [0.29, 0.717) is 5.56 Å². The van der Waals surface area contributed by atoms with Gasteiger partial charge in [0, 0.05) is 22.1 Å². The molecule has 0 saturated carbocycles. The molecule has 0 aliphatic carbocycles. The Morgan fingerprint density at radius 1 is 1.07 bits per heavy atom. The van der Waals surface area contributed by atoms with Crippen molar-refractivity contribution in [3.63, 3.8) is 0 Å². The summed E-state index contributed by atoms with van der Waals surface area (Å²) in [6.45, 7) is 2.70. The zero-order valence-corrected chi connectivity index (χ0v) is 15.6. The molecule has 0 aliphatic rings. The molecule has 0 radical (unpaired) electrons. The van der Waals surface area contributed by atoms with Crippen molar-refractivity contribution in [2.75, 3.05) is 0 Å². The number of hydrogen-bond donors (Lipinski definition) is 4. The van der Waals surface area contributed by atoms with Crippen LogP contribution in [0, 0.1) is 23.7 Å². The summed E-state index contributed by atoms with van der Waals surface area (Å²) in [6, 6.07) is 6.99. The van der Waals surface area contributed by atoms with Crippen molar-refractivity contribution in [1.29, 1.82) is 0 Å². The van der Waals surface area contributed by atoms with E-state index in [1.807, 2.05) is 16.8 Å². The monoisotopic (exact) mass is 382 g/mol. The van der Waals surface area contributed by atoms with E-state index in [2.05, 4.69) is 29.0 Å². The molecule has 0 spiro atoms. The molecular formula is C20H18N2O4S. The third-order valence-electron chi connectivity index (χ3n) is 3.50. The van der Waals surface area contributed by atoms with Gasteiger partial charge in [-0.3, -0.25) is 14.8 Å². The average Bonchev–Trinajstić information content (AvgIpc) is 3.15. The smallest absolute Gasteiger partial charge is 0.268 e. The van der Waals surface area contributed by atoms with Gasteiger partial charge in [0.2, 0.25) is 0 Å². The van der Waals surface area contributed by atoms with Crippen LogP contribution >= 0.6 is 11.3 Å². The Morgan fingerprint density at radius 3 is 2.22 bits per heavy atom. The molecule has 1 atom stereocenters. The van der Waals surface area contributed by atoms with E-state index >= 15 is 0 Å². The standard InChI is InChI=1S/C20H18N2O4S/c1-20(2,25)17(19(24)22-26)21-18(23)16-9-7-14(8-10-16)5-3-4-6-15-11-12-27-13-15/h7-13,17,25-26H,1-2H3,(H,21,23)(H,22,24). The van der Waals surface area contributed by atoms with Crippen LogP contribution in [0.1, 0.15) is 35.3 Å². The lowest BCUT2D eigenvalue weighted by atomic mass is 9.97. The number of aliphatic hydroxyl groups is 1. The van der Waals surface area contributed by atoms with Gasteiger partial charge in [-0.25, -0.2) is 5.48 Å². The maximum absolute atomic E-state index is 12.3. The minimum Gasteiger partial charge on any atom is -0.388 e. The molecule has 6 nitrogen and oxygen atoms in total. The number of carbonyl (C=O) groups excluding carboxylic acids is 2. The summed E-state index contributed by atoms with van der Waals surface area (Å²) in [6.07, 6.45) is 0. The molecule has 1 aromatic heterocycles. The maximum Gasteiger partial charge on any atom is 0.268 e. The molecule has 27 heavy (non-hydrogen) atoms. The SMILES string of the molecule is CC(C)(O)C(NC(=O)c1ccc(C#CC#Cc2ccsc2)cc1)C(=O)NO. The van der Waals surface area contributed by atoms with Gasteiger partial charge in [0.05, 0.1) is 5.60 Å². The Kier molecular flexibility index (Phi) is 6.75. The molecule has 2 aromatic rings. The van der Waals surface area contributed by atoms with E-state index in [1.165, 1.54) is 19.3 Å². The minimum absolute atomic E-state index is 0.282. The van der Waals surface area contributed by atoms with Gasteiger partial charge in [-0.15, -0.1) is 0 Å². The normalized spacial score (nSPS) is 11.3. The van der Waals surface area contributed by atoms with E-state index in [-0.39, 0.29) is 5.56 Å². The Morgan fingerprint density at radius 2 is 1.70 bits per heavy atom. The van der Waals surface area contributed by atoms with E-state index < -0.39 is 23.5 Å². The van der Waals surface area contributed by atoms with Crippen molar-refractivity contribution in [1.82, 2.24) is 10.8 Å². The summed E-state index contributed by atoms with van der Waals surface area (Å²) in [5.74, 6) is 9.81. The largest absolute Gasteiger partial charge is 0.388 e. The van der Waals surface area contributed by atoms with Gasteiger partial charge in [0.25, 0.3) is 11.8 Å². The Balaban J connectivity index is 2.06. The van der Waals surface area contributed by atoms with Crippen LogP contribution in [0.4, 0.5) is 0 Å². The fraction of sp³-hybridized carbons (Fsp3) is 0.200. The molecule has 1 unspecified atom stereocenters. The molecule has 7 heteroatoms. The molecule has 2 rings (SSSR count). The maximum atomic E-state index is 12.3. The fourth-order valence-corrected chi connectivity index (χ4v) is 2.68. The van der Waals surface area contributed by atoms with Crippen molar-refractivity contribution >= 4 is 23.2 Å². The van der Waals surface area contributed by atoms with Crippen LogP contribution in [-0.2, 0) is 4.79 Å². The van der Waals surface area contributed by atoms with E-state index in [1.54, 1.807) is 35.6 Å².